The number of nitrogens with zero attached hydrogens (tertiary/aromatic N) is 1. The van der Waals surface area contributed by atoms with Crippen molar-refractivity contribution in [1.29, 1.82) is 0 Å². The van der Waals surface area contributed by atoms with Crippen molar-refractivity contribution < 1.29 is 21.6 Å². The molecule has 1 aromatic rings. The van der Waals surface area contributed by atoms with E-state index in [2.05, 4.69) is 15.6 Å². The Morgan fingerprint density at radius 1 is 1.19 bits per heavy atom. The van der Waals surface area contributed by atoms with Gasteiger partial charge in [0.15, 0.2) is 15.8 Å². The second-order valence-corrected chi connectivity index (χ2v) is 10.7. The van der Waals surface area contributed by atoms with Gasteiger partial charge in [-0.25, -0.2) is 8.42 Å². The number of hydrogen-bond acceptors (Lipinski definition) is 3. The molecule has 1 saturated carbocycles. The molecule has 2 fully saturated rings. The van der Waals surface area contributed by atoms with Gasteiger partial charge in [-0.1, -0.05) is 37.5 Å². The molecule has 1 heterocycles. The van der Waals surface area contributed by atoms with Crippen LogP contribution < -0.4 is 10.6 Å². The highest BCUT2D eigenvalue weighted by Crippen LogP contribution is 2.41. The summed E-state index contributed by atoms with van der Waals surface area (Å²) in [6.07, 6.45) is 0.953. The van der Waals surface area contributed by atoms with Gasteiger partial charge in [0, 0.05) is 25.6 Å². The van der Waals surface area contributed by atoms with Crippen LogP contribution in [-0.2, 0) is 21.4 Å². The molecule has 1 atom stereocenters. The van der Waals surface area contributed by atoms with E-state index in [0.29, 0.717) is 31.0 Å². The van der Waals surface area contributed by atoms with Crippen molar-refractivity contribution in [2.75, 3.05) is 31.6 Å². The first-order valence-electron chi connectivity index (χ1n) is 10.5. The largest absolute Gasteiger partial charge is 0.416 e. The SMILES string of the molecule is CN=C(NCC1CCS(=O)(=O)C1)NCC1(c2cccc(C(F)(F)F)c2)CCCCC1.I. The molecule has 2 aliphatic rings. The van der Waals surface area contributed by atoms with E-state index in [1.807, 2.05) is 0 Å². The highest BCUT2D eigenvalue weighted by molar-refractivity contribution is 14.0. The summed E-state index contributed by atoms with van der Waals surface area (Å²) in [7, 11) is -1.30. The fraction of sp³-hybridized carbons (Fsp3) is 0.667. The van der Waals surface area contributed by atoms with Crippen molar-refractivity contribution in [3.8, 4) is 0 Å². The summed E-state index contributed by atoms with van der Waals surface area (Å²) in [6.45, 7) is 0.992. The smallest absolute Gasteiger partial charge is 0.356 e. The number of guanidine groups is 1. The monoisotopic (exact) mass is 573 g/mol. The zero-order chi connectivity index (χ0) is 21.8. The minimum atomic E-state index is -4.36. The van der Waals surface area contributed by atoms with Crippen LogP contribution in [0.2, 0.25) is 0 Å². The molecule has 1 aliphatic heterocycles. The minimum absolute atomic E-state index is 0. The molecule has 0 bridgehead atoms. The van der Waals surface area contributed by atoms with Crippen LogP contribution in [-0.4, -0.2) is 46.0 Å². The lowest BCUT2D eigenvalue weighted by Crippen LogP contribution is -2.47. The summed E-state index contributed by atoms with van der Waals surface area (Å²) >= 11 is 0. The first-order chi connectivity index (χ1) is 14.1. The molecule has 2 N–H and O–H groups in total. The maximum Gasteiger partial charge on any atom is 0.416 e. The first kappa shape index (κ1) is 26.2. The summed E-state index contributed by atoms with van der Waals surface area (Å²) in [4.78, 5) is 4.22. The molecule has 5 nitrogen and oxygen atoms in total. The van der Waals surface area contributed by atoms with E-state index in [4.69, 9.17) is 0 Å². The summed E-state index contributed by atoms with van der Waals surface area (Å²) in [6, 6.07) is 5.68. The van der Waals surface area contributed by atoms with Crippen molar-refractivity contribution >= 4 is 39.8 Å². The Morgan fingerprint density at radius 3 is 2.48 bits per heavy atom. The molecule has 0 amide bonds. The van der Waals surface area contributed by atoms with Crippen LogP contribution in [0, 0.1) is 5.92 Å². The van der Waals surface area contributed by atoms with Crippen LogP contribution >= 0.6 is 24.0 Å². The fourth-order valence-electron chi connectivity index (χ4n) is 4.57. The average Bonchev–Trinajstić information content (AvgIpc) is 3.07. The zero-order valence-corrected chi connectivity index (χ0v) is 20.8. The van der Waals surface area contributed by atoms with E-state index in [1.54, 1.807) is 13.1 Å². The standard InChI is InChI=1S/C21H30F3N3O2S.HI/c1-25-19(26-13-16-8-11-30(28,29)14-16)27-15-20(9-3-2-4-10-20)17-6-5-7-18(12-17)21(22,23)24;/h5-7,12,16H,2-4,8-11,13-15H2,1H3,(H2,25,26,27);1H. The number of aliphatic imine (C=N–C) groups is 1. The second-order valence-electron chi connectivity index (χ2n) is 8.50. The van der Waals surface area contributed by atoms with Gasteiger partial charge in [-0.3, -0.25) is 4.99 Å². The van der Waals surface area contributed by atoms with Crippen molar-refractivity contribution in [2.24, 2.45) is 10.9 Å². The predicted octanol–water partition coefficient (Wildman–Crippen LogP) is 4.13. The Labute approximate surface area is 199 Å². The Kier molecular flexibility index (Phi) is 9.06. The van der Waals surface area contributed by atoms with Crippen LogP contribution in [0.5, 0.6) is 0 Å². The van der Waals surface area contributed by atoms with Gasteiger partial charge in [0.25, 0.3) is 0 Å². The fourth-order valence-corrected chi connectivity index (χ4v) is 6.43. The number of benzene rings is 1. The normalized spacial score (nSPS) is 23.1. The van der Waals surface area contributed by atoms with Crippen molar-refractivity contribution in [3.05, 3.63) is 35.4 Å². The van der Waals surface area contributed by atoms with Crippen LogP contribution in [0.25, 0.3) is 0 Å². The lowest BCUT2D eigenvalue weighted by molar-refractivity contribution is -0.137. The van der Waals surface area contributed by atoms with Gasteiger partial charge in [0.05, 0.1) is 17.1 Å². The summed E-state index contributed by atoms with van der Waals surface area (Å²) in [5, 5.41) is 6.48. The third-order valence-electron chi connectivity index (χ3n) is 6.32. The number of rotatable bonds is 5. The number of sulfone groups is 1. The molecular formula is C21H31F3IN3O2S. The quantitative estimate of drug-likeness (QED) is 0.316. The summed E-state index contributed by atoms with van der Waals surface area (Å²) in [5.74, 6) is 1.02. The van der Waals surface area contributed by atoms with E-state index in [1.165, 1.54) is 12.1 Å². The summed E-state index contributed by atoms with van der Waals surface area (Å²) < 4.78 is 63.0. The Morgan fingerprint density at radius 2 is 1.90 bits per heavy atom. The van der Waals surface area contributed by atoms with Gasteiger partial charge in [0.2, 0.25) is 0 Å². The van der Waals surface area contributed by atoms with E-state index in [9.17, 15) is 21.6 Å². The van der Waals surface area contributed by atoms with Crippen molar-refractivity contribution in [3.63, 3.8) is 0 Å². The van der Waals surface area contributed by atoms with Crippen molar-refractivity contribution in [2.45, 2.75) is 50.1 Å². The highest BCUT2D eigenvalue weighted by Gasteiger charge is 2.37. The number of halogens is 4. The molecular weight excluding hydrogens is 542 g/mol. The van der Waals surface area contributed by atoms with Gasteiger partial charge < -0.3 is 10.6 Å². The molecule has 0 spiro atoms. The molecule has 176 valence electrons. The maximum absolute atomic E-state index is 13.2. The second kappa shape index (κ2) is 10.7. The van der Waals surface area contributed by atoms with Crippen molar-refractivity contribution in [1.82, 2.24) is 10.6 Å². The van der Waals surface area contributed by atoms with Crippen LogP contribution in [0.1, 0.15) is 49.7 Å². The molecule has 1 aromatic carbocycles. The lowest BCUT2D eigenvalue weighted by atomic mass is 9.69. The maximum atomic E-state index is 13.2. The van der Waals surface area contributed by atoms with Gasteiger partial charge in [-0.05, 0) is 36.8 Å². The Hall–Kier alpha value is -1.04. The van der Waals surface area contributed by atoms with E-state index < -0.39 is 21.6 Å². The average molecular weight is 573 g/mol. The zero-order valence-electron chi connectivity index (χ0n) is 17.7. The molecule has 31 heavy (non-hydrogen) atoms. The third-order valence-corrected chi connectivity index (χ3v) is 8.15. The van der Waals surface area contributed by atoms with Gasteiger partial charge in [0.1, 0.15) is 0 Å². The minimum Gasteiger partial charge on any atom is -0.356 e. The molecule has 3 rings (SSSR count). The topological polar surface area (TPSA) is 70.6 Å². The summed E-state index contributed by atoms with van der Waals surface area (Å²) in [5.41, 5.74) is -0.287. The lowest BCUT2D eigenvalue weighted by Gasteiger charge is -2.39. The highest BCUT2D eigenvalue weighted by atomic mass is 127. The van der Waals surface area contributed by atoms with Crippen LogP contribution in [0.3, 0.4) is 0 Å². The molecule has 0 aromatic heterocycles. The van der Waals surface area contributed by atoms with Crippen LogP contribution in [0.4, 0.5) is 13.2 Å². The van der Waals surface area contributed by atoms with E-state index in [-0.39, 0.29) is 46.8 Å². The molecule has 10 heteroatoms. The van der Waals surface area contributed by atoms with Gasteiger partial charge in [-0.2, -0.15) is 13.2 Å². The Bertz CT molecular complexity index is 869. The van der Waals surface area contributed by atoms with E-state index in [0.717, 1.165) is 38.2 Å². The molecule has 1 saturated heterocycles. The molecule has 1 aliphatic carbocycles. The van der Waals surface area contributed by atoms with Crippen LogP contribution in [0.15, 0.2) is 29.3 Å². The Balaban J connectivity index is 0.00000341. The van der Waals surface area contributed by atoms with Gasteiger partial charge >= 0.3 is 6.18 Å². The molecule has 1 unspecified atom stereocenters. The van der Waals surface area contributed by atoms with Gasteiger partial charge in [-0.15, -0.1) is 24.0 Å². The number of nitrogens with one attached hydrogen (secondary N) is 2. The third kappa shape index (κ3) is 6.97. The number of alkyl halides is 3. The molecule has 0 radical (unpaired) electrons. The first-order valence-corrected chi connectivity index (χ1v) is 12.3. The van der Waals surface area contributed by atoms with E-state index >= 15 is 0 Å². The number of hydrogen-bond donors (Lipinski definition) is 2. The predicted molar refractivity (Wildman–Crippen MR) is 128 cm³/mol.